The molecule has 0 saturated carbocycles. The molecule has 2 amide bonds. The minimum Gasteiger partial charge on any atom is -0.383 e. The van der Waals surface area contributed by atoms with Crippen molar-refractivity contribution in [1.82, 2.24) is 14.9 Å². The van der Waals surface area contributed by atoms with Gasteiger partial charge in [0.2, 0.25) is 0 Å². The van der Waals surface area contributed by atoms with Crippen molar-refractivity contribution in [2.75, 3.05) is 19.0 Å². The van der Waals surface area contributed by atoms with Gasteiger partial charge < -0.3 is 15.4 Å². The monoisotopic (exact) mass is 394 g/mol. The predicted molar refractivity (Wildman–Crippen MR) is 114 cm³/mol. The van der Waals surface area contributed by atoms with Gasteiger partial charge in [0.1, 0.15) is 5.82 Å². The minimum atomic E-state index is -0.476. The van der Waals surface area contributed by atoms with E-state index in [1.165, 1.54) is 0 Å². The summed E-state index contributed by atoms with van der Waals surface area (Å²) in [4.78, 5) is 30.1. The number of nitrogens with one attached hydrogen (secondary N) is 2. The Morgan fingerprint density at radius 1 is 1.17 bits per heavy atom. The summed E-state index contributed by atoms with van der Waals surface area (Å²) in [6.45, 7) is 6.54. The molecule has 1 atom stereocenters. The normalized spacial score (nSPS) is 12.0. The third kappa shape index (κ3) is 4.63. The van der Waals surface area contributed by atoms with Crippen LogP contribution in [0.5, 0.6) is 0 Å². The van der Waals surface area contributed by atoms with Gasteiger partial charge >= 0.3 is 6.03 Å². The smallest absolute Gasteiger partial charge is 0.319 e. The number of benzene rings is 2. The first kappa shape index (κ1) is 20.5. The highest BCUT2D eigenvalue weighted by molar-refractivity contribution is 5.89. The number of carbonyl (C=O) groups excluding carboxylic acids is 1. The van der Waals surface area contributed by atoms with Gasteiger partial charge in [-0.3, -0.25) is 9.36 Å². The Hall–Kier alpha value is -3.19. The second-order valence-electron chi connectivity index (χ2n) is 7.06. The molecule has 0 radical (unpaired) electrons. The second-order valence-corrected chi connectivity index (χ2v) is 7.06. The number of hydrogen-bond acceptors (Lipinski definition) is 4. The molecule has 3 aromatic rings. The van der Waals surface area contributed by atoms with Crippen LogP contribution in [0.4, 0.5) is 10.5 Å². The molecule has 3 rings (SSSR count). The number of aromatic nitrogens is 2. The van der Waals surface area contributed by atoms with Crippen LogP contribution in [0.15, 0.2) is 47.3 Å². The lowest BCUT2D eigenvalue weighted by molar-refractivity contribution is 0.184. The number of amides is 2. The summed E-state index contributed by atoms with van der Waals surface area (Å²) in [5.74, 6) is 0.487. The average Bonchev–Trinajstić information content (AvgIpc) is 2.70. The fourth-order valence-corrected chi connectivity index (χ4v) is 3.16. The van der Waals surface area contributed by atoms with Gasteiger partial charge in [-0.05, 0) is 56.2 Å². The molecule has 29 heavy (non-hydrogen) atoms. The Morgan fingerprint density at radius 3 is 2.66 bits per heavy atom. The molecule has 0 aliphatic carbocycles. The largest absolute Gasteiger partial charge is 0.383 e. The van der Waals surface area contributed by atoms with Crippen LogP contribution >= 0.6 is 0 Å². The van der Waals surface area contributed by atoms with Crippen LogP contribution in [0.1, 0.15) is 29.9 Å². The Morgan fingerprint density at radius 2 is 1.93 bits per heavy atom. The first-order valence-electron chi connectivity index (χ1n) is 9.54. The van der Waals surface area contributed by atoms with Crippen molar-refractivity contribution in [1.29, 1.82) is 0 Å². The number of anilines is 1. The average molecular weight is 394 g/mol. The van der Waals surface area contributed by atoms with Gasteiger partial charge in [-0.2, -0.15) is 0 Å². The van der Waals surface area contributed by atoms with Crippen molar-refractivity contribution < 1.29 is 9.53 Å². The van der Waals surface area contributed by atoms with E-state index in [0.717, 1.165) is 11.1 Å². The third-order valence-corrected chi connectivity index (χ3v) is 4.91. The molecule has 7 heteroatoms. The predicted octanol–water partition coefficient (Wildman–Crippen LogP) is 3.54. The van der Waals surface area contributed by atoms with Crippen molar-refractivity contribution in [3.05, 3.63) is 69.8 Å². The molecule has 0 spiro atoms. The maximum absolute atomic E-state index is 12.9. The summed E-state index contributed by atoms with van der Waals surface area (Å²) in [6, 6.07) is 12.1. The molecule has 0 bridgehead atoms. The molecule has 152 valence electrons. The number of hydrogen-bond donors (Lipinski definition) is 2. The van der Waals surface area contributed by atoms with Crippen LogP contribution < -0.4 is 16.2 Å². The van der Waals surface area contributed by atoms with E-state index in [0.29, 0.717) is 35.6 Å². The molecule has 1 heterocycles. The number of fused-ring (bicyclic) bond motifs is 1. The number of carbonyl (C=O) groups is 1. The molecule has 1 aromatic heterocycles. The second kappa shape index (κ2) is 8.87. The Labute approximate surface area is 169 Å². The molecular formula is C22H26N4O3. The first-order valence-corrected chi connectivity index (χ1v) is 9.54. The van der Waals surface area contributed by atoms with Gasteiger partial charge in [-0.1, -0.05) is 18.2 Å². The number of nitrogens with zero attached hydrogens (tertiary/aromatic N) is 2. The lowest BCUT2D eigenvalue weighted by Crippen LogP contribution is -2.36. The van der Waals surface area contributed by atoms with E-state index < -0.39 is 6.04 Å². The van der Waals surface area contributed by atoms with E-state index in [1.54, 1.807) is 30.7 Å². The Bertz CT molecular complexity index is 1090. The van der Waals surface area contributed by atoms with Crippen LogP contribution in [0.3, 0.4) is 0 Å². The van der Waals surface area contributed by atoms with Crippen molar-refractivity contribution in [3.63, 3.8) is 0 Å². The van der Waals surface area contributed by atoms with Crippen LogP contribution in [0, 0.1) is 13.8 Å². The molecule has 2 aromatic carbocycles. The highest BCUT2D eigenvalue weighted by Gasteiger charge is 2.18. The van der Waals surface area contributed by atoms with Crippen LogP contribution in [0.25, 0.3) is 10.9 Å². The van der Waals surface area contributed by atoms with E-state index in [4.69, 9.17) is 4.74 Å². The van der Waals surface area contributed by atoms with Gasteiger partial charge in [0.15, 0.2) is 0 Å². The summed E-state index contributed by atoms with van der Waals surface area (Å²) in [5, 5.41) is 6.25. The summed E-state index contributed by atoms with van der Waals surface area (Å²) in [5.41, 5.74) is 3.42. The molecule has 2 N–H and O–H groups in total. The third-order valence-electron chi connectivity index (χ3n) is 4.91. The van der Waals surface area contributed by atoms with Gasteiger partial charge in [-0.15, -0.1) is 0 Å². The van der Waals surface area contributed by atoms with Crippen LogP contribution in [0.2, 0.25) is 0 Å². The van der Waals surface area contributed by atoms with Crippen molar-refractivity contribution >= 4 is 22.6 Å². The SMILES string of the molecule is COCCn1c([C@H](C)NC(=O)Nc2ccc(C)c(C)c2)nc2ccccc2c1=O. The Balaban J connectivity index is 1.86. The summed E-state index contributed by atoms with van der Waals surface area (Å²) in [6.07, 6.45) is 0. The zero-order chi connectivity index (χ0) is 21.0. The lowest BCUT2D eigenvalue weighted by atomic mass is 10.1. The van der Waals surface area contributed by atoms with Gasteiger partial charge in [-0.25, -0.2) is 9.78 Å². The van der Waals surface area contributed by atoms with Crippen molar-refractivity contribution in [2.45, 2.75) is 33.4 Å². The van der Waals surface area contributed by atoms with Crippen LogP contribution in [-0.4, -0.2) is 29.3 Å². The topological polar surface area (TPSA) is 85.2 Å². The summed E-state index contributed by atoms with van der Waals surface area (Å²) in [7, 11) is 1.58. The quantitative estimate of drug-likeness (QED) is 0.670. The van der Waals surface area contributed by atoms with E-state index >= 15 is 0 Å². The fourth-order valence-electron chi connectivity index (χ4n) is 3.16. The van der Waals surface area contributed by atoms with Crippen molar-refractivity contribution in [3.8, 4) is 0 Å². The maximum Gasteiger partial charge on any atom is 0.319 e. The van der Waals surface area contributed by atoms with Crippen LogP contribution in [-0.2, 0) is 11.3 Å². The number of ether oxygens (including phenoxy) is 1. The van der Waals surface area contributed by atoms with Gasteiger partial charge in [0, 0.05) is 12.8 Å². The molecule has 0 unspecified atom stereocenters. The highest BCUT2D eigenvalue weighted by atomic mass is 16.5. The van der Waals surface area contributed by atoms with E-state index in [-0.39, 0.29) is 11.6 Å². The van der Waals surface area contributed by atoms with Gasteiger partial charge in [0.25, 0.3) is 5.56 Å². The zero-order valence-electron chi connectivity index (χ0n) is 17.2. The van der Waals surface area contributed by atoms with E-state index in [1.807, 2.05) is 44.2 Å². The number of rotatable bonds is 6. The van der Waals surface area contributed by atoms with Crippen molar-refractivity contribution in [2.24, 2.45) is 0 Å². The first-order chi connectivity index (χ1) is 13.9. The number of para-hydroxylation sites is 1. The fraction of sp³-hybridized carbons (Fsp3) is 0.318. The highest BCUT2D eigenvalue weighted by Crippen LogP contribution is 2.16. The lowest BCUT2D eigenvalue weighted by Gasteiger charge is -2.20. The molecule has 0 saturated heterocycles. The summed E-state index contributed by atoms with van der Waals surface area (Å²) >= 11 is 0. The maximum atomic E-state index is 12.9. The number of urea groups is 1. The Kier molecular flexibility index (Phi) is 6.29. The zero-order valence-corrected chi connectivity index (χ0v) is 17.2. The molecule has 0 fully saturated rings. The van der Waals surface area contributed by atoms with E-state index in [2.05, 4.69) is 15.6 Å². The van der Waals surface area contributed by atoms with E-state index in [9.17, 15) is 9.59 Å². The molecule has 7 nitrogen and oxygen atoms in total. The number of aryl methyl sites for hydroxylation is 2. The molecule has 0 aliphatic rings. The number of methoxy groups -OCH3 is 1. The minimum absolute atomic E-state index is 0.147. The summed E-state index contributed by atoms with van der Waals surface area (Å²) < 4.78 is 6.70. The molecule has 0 aliphatic heterocycles. The van der Waals surface area contributed by atoms with Gasteiger partial charge in [0.05, 0.1) is 30.1 Å². The standard InChI is InChI=1S/C22H26N4O3/c1-14-9-10-17(13-15(14)2)24-22(28)23-16(3)20-25-19-8-6-5-7-18(19)21(27)26(20)11-12-29-4/h5-10,13,16H,11-12H2,1-4H3,(H2,23,24,28)/t16-/m0/s1. The molecular weight excluding hydrogens is 368 g/mol.